The summed E-state index contributed by atoms with van der Waals surface area (Å²) in [6.45, 7) is 10.8. The van der Waals surface area contributed by atoms with Gasteiger partial charge in [0.15, 0.2) is 0 Å². The maximum absolute atomic E-state index is 12.8. The zero-order valence-corrected chi connectivity index (χ0v) is 18.4. The number of thioether (sulfide) groups is 1. The highest BCUT2D eigenvalue weighted by Crippen LogP contribution is 2.23. The number of carbonyl (C=O) groups is 2. The number of nitrogens with one attached hydrogen (secondary N) is 2. The molecule has 1 aromatic carbocycles. The first-order chi connectivity index (χ1) is 13.9. The summed E-state index contributed by atoms with van der Waals surface area (Å²) in [6, 6.07) is 6.16. The first-order valence-corrected chi connectivity index (χ1v) is 11.1. The van der Waals surface area contributed by atoms with Crippen LogP contribution in [-0.4, -0.2) is 53.0 Å². The predicted octanol–water partition coefficient (Wildman–Crippen LogP) is 3.92. The summed E-state index contributed by atoms with van der Waals surface area (Å²) in [4.78, 5) is 30.5. The SMILES string of the molecule is CCOC(=O)c1c(C)[nH]c(C(=O)Nc2ccc(CN3CCSCC3)cc2C)c1C. The van der Waals surface area contributed by atoms with Gasteiger partial charge in [-0.3, -0.25) is 9.69 Å². The second kappa shape index (κ2) is 9.50. The summed E-state index contributed by atoms with van der Waals surface area (Å²) in [7, 11) is 0. The fourth-order valence-electron chi connectivity index (χ4n) is 3.65. The van der Waals surface area contributed by atoms with Crippen LogP contribution in [0.1, 0.15) is 50.2 Å². The number of H-pyrrole nitrogens is 1. The number of hydrogen-bond donors (Lipinski definition) is 2. The number of nitrogens with zero attached hydrogens (tertiary/aromatic N) is 1. The van der Waals surface area contributed by atoms with Crippen LogP contribution >= 0.6 is 11.8 Å². The Morgan fingerprint density at radius 3 is 2.59 bits per heavy atom. The molecule has 1 saturated heterocycles. The topological polar surface area (TPSA) is 74.4 Å². The maximum atomic E-state index is 12.8. The van der Waals surface area contributed by atoms with Crippen LogP contribution in [0.5, 0.6) is 0 Å². The molecule has 2 N–H and O–H groups in total. The number of carbonyl (C=O) groups excluding carboxylic acids is 2. The van der Waals surface area contributed by atoms with Crippen LogP contribution in [0.2, 0.25) is 0 Å². The maximum Gasteiger partial charge on any atom is 0.340 e. The predicted molar refractivity (Wildman–Crippen MR) is 118 cm³/mol. The molecule has 7 heteroatoms. The Hall–Kier alpha value is -2.25. The largest absolute Gasteiger partial charge is 0.462 e. The van der Waals surface area contributed by atoms with Crippen molar-refractivity contribution in [3.8, 4) is 0 Å². The van der Waals surface area contributed by atoms with Crippen molar-refractivity contribution in [1.29, 1.82) is 0 Å². The normalized spacial score (nSPS) is 14.6. The third-order valence-electron chi connectivity index (χ3n) is 5.19. The van der Waals surface area contributed by atoms with Gasteiger partial charge in [0.1, 0.15) is 5.69 Å². The van der Waals surface area contributed by atoms with Gasteiger partial charge in [0.25, 0.3) is 5.91 Å². The minimum atomic E-state index is -0.408. The van der Waals surface area contributed by atoms with Crippen molar-refractivity contribution in [2.75, 3.05) is 36.5 Å². The van der Waals surface area contributed by atoms with Gasteiger partial charge in [0, 0.05) is 42.5 Å². The summed E-state index contributed by atoms with van der Waals surface area (Å²) in [5, 5.41) is 2.97. The molecule has 3 rings (SSSR count). The fraction of sp³-hybridized carbons (Fsp3) is 0.455. The molecule has 29 heavy (non-hydrogen) atoms. The van der Waals surface area contributed by atoms with E-state index in [0.29, 0.717) is 29.1 Å². The van der Waals surface area contributed by atoms with Gasteiger partial charge < -0.3 is 15.0 Å². The van der Waals surface area contributed by atoms with E-state index in [-0.39, 0.29) is 5.91 Å². The Kier molecular flexibility index (Phi) is 7.03. The summed E-state index contributed by atoms with van der Waals surface area (Å²) in [5.41, 5.74) is 5.12. The van der Waals surface area contributed by atoms with Gasteiger partial charge in [0.2, 0.25) is 0 Å². The Morgan fingerprint density at radius 2 is 1.93 bits per heavy atom. The molecule has 156 valence electrons. The quantitative estimate of drug-likeness (QED) is 0.700. The lowest BCUT2D eigenvalue weighted by Gasteiger charge is -2.26. The van der Waals surface area contributed by atoms with Gasteiger partial charge >= 0.3 is 5.97 Å². The molecule has 6 nitrogen and oxygen atoms in total. The Labute approximate surface area is 176 Å². The van der Waals surface area contributed by atoms with E-state index >= 15 is 0 Å². The van der Waals surface area contributed by atoms with E-state index in [0.717, 1.165) is 30.9 Å². The van der Waals surface area contributed by atoms with Crippen molar-refractivity contribution < 1.29 is 14.3 Å². The standard InChI is InChI=1S/C22H29N3O3S/c1-5-28-22(27)19-15(3)20(23-16(19)4)21(26)24-18-7-6-17(12-14(18)2)13-25-8-10-29-11-9-25/h6-7,12,23H,5,8-11,13H2,1-4H3,(H,24,26). The Balaban J connectivity index is 1.72. The summed E-state index contributed by atoms with van der Waals surface area (Å²) < 4.78 is 5.10. The lowest BCUT2D eigenvalue weighted by molar-refractivity contribution is 0.0525. The average molecular weight is 416 g/mol. The van der Waals surface area contributed by atoms with Crippen LogP contribution < -0.4 is 5.32 Å². The van der Waals surface area contributed by atoms with Gasteiger partial charge in [-0.05, 0) is 50.5 Å². The van der Waals surface area contributed by atoms with E-state index in [1.165, 1.54) is 17.1 Å². The van der Waals surface area contributed by atoms with Crippen LogP contribution in [0.3, 0.4) is 0 Å². The third kappa shape index (κ3) is 5.03. The van der Waals surface area contributed by atoms with Gasteiger partial charge in [-0.25, -0.2) is 4.79 Å². The summed E-state index contributed by atoms with van der Waals surface area (Å²) in [6.07, 6.45) is 0. The van der Waals surface area contributed by atoms with Crippen molar-refractivity contribution in [2.24, 2.45) is 0 Å². The second-order valence-electron chi connectivity index (χ2n) is 7.34. The van der Waals surface area contributed by atoms with Gasteiger partial charge in [-0.2, -0.15) is 11.8 Å². The van der Waals surface area contributed by atoms with E-state index in [4.69, 9.17) is 4.74 Å². The Bertz CT molecular complexity index is 901. The van der Waals surface area contributed by atoms with Crippen molar-refractivity contribution in [1.82, 2.24) is 9.88 Å². The zero-order valence-electron chi connectivity index (χ0n) is 17.6. The molecule has 0 spiro atoms. The average Bonchev–Trinajstić information content (AvgIpc) is 2.99. The monoisotopic (exact) mass is 415 g/mol. The van der Waals surface area contributed by atoms with E-state index in [1.807, 2.05) is 24.8 Å². The van der Waals surface area contributed by atoms with Gasteiger partial charge in [0.05, 0.1) is 12.2 Å². The third-order valence-corrected chi connectivity index (χ3v) is 6.14. The number of aryl methyl sites for hydroxylation is 2. The molecule has 1 aromatic heterocycles. The lowest BCUT2D eigenvalue weighted by Crippen LogP contribution is -2.31. The van der Waals surface area contributed by atoms with Gasteiger partial charge in [-0.15, -0.1) is 0 Å². The minimum Gasteiger partial charge on any atom is -0.462 e. The minimum absolute atomic E-state index is 0.259. The first kappa shape index (κ1) is 21.5. The fourth-order valence-corrected chi connectivity index (χ4v) is 4.63. The van der Waals surface area contributed by atoms with Crippen LogP contribution in [0.15, 0.2) is 18.2 Å². The number of aromatic amines is 1. The van der Waals surface area contributed by atoms with Crippen LogP contribution in [-0.2, 0) is 11.3 Å². The second-order valence-corrected chi connectivity index (χ2v) is 8.56. The van der Waals surface area contributed by atoms with E-state index in [9.17, 15) is 9.59 Å². The number of hydrogen-bond acceptors (Lipinski definition) is 5. The van der Waals surface area contributed by atoms with Gasteiger partial charge in [-0.1, -0.05) is 12.1 Å². The lowest BCUT2D eigenvalue weighted by atomic mass is 10.1. The molecule has 1 aliphatic heterocycles. The van der Waals surface area contributed by atoms with Crippen LogP contribution in [0, 0.1) is 20.8 Å². The van der Waals surface area contributed by atoms with E-state index in [2.05, 4.69) is 27.3 Å². The van der Waals surface area contributed by atoms with E-state index in [1.54, 1.807) is 20.8 Å². The van der Waals surface area contributed by atoms with Crippen LogP contribution in [0.25, 0.3) is 0 Å². The molecule has 0 radical (unpaired) electrons. The van der Waals surface area contributed by atoms with Crippen molar-refractivity contribution in [2.45, 2.75) is 34.2 Å². The molecule has 1 fully saturated rings. The zero-order chi connectivity index (χ0) is 21.0. The summed E-state index contributed by atoms with van der Waals surface area (Å²) >= 11 is 2.01. The number of anilines is 1. The molecule has 0 bridgehead atoms. The molecule has 0 saturated carbocycles. The highest BCUT2D eigenvalue weighted by molar-refractivity contribution is 7.99. The molecule has 1 aliphatic rings. The number of amides is 1. The number of esters is 1. The number of ether oxygens (including phenoxy) is 1. The molecule has 0 aliphatic carbocycles. The number of aromatic nitrogens is 1. The summed E-state index contributed by atoms with van der Waals surface area (Å²) in [5.74, 6) is 1.71. The molecule has 0 unspecified atom stereocenters. The van der Waals surface area contributed by atoms with Crippen LogP contribution in [0.4, 0.5) is 5.69 Å². The molecule has 1 amide bonds. The number of benzene rings is 1. The Morgan fingerprint density at radius 1 is 1.21 bits per heavy atom. The highest BCUT2D eigenvalue weighted by atomic mass is 32.2. The molecule has 2 aromatic rings. The van der Waals surface area contributed by atoms with E-state index < -0.39 is 5.97 Å². The van der Waals surface area contributed by atoms with Crippen molar-refractivity contribution >= 4 is 29.3 Å². The molecular formula is C22H29N3O3S. The van der Waals surface area contributed by atoms with Crippen molar-refractivity contribution in [3.63, 3.8) is 0 Å². The molecule has 0 atom stereocenters. The molecular weight excluding hydrogens is 386 g/mol. The highest BCUT2D eigenvalue weighted by Gasteiger charge is 2.23. The first-order valence-electron chi connectivity index (χ1n) is 9.98. The van der Waals surface area contributed by atoms with Crippen molar-refractivity contribution in [3.05, 3.63) is 51.8 Å². The number of rotatable bonds is 6. The molecule has 2 heterocycles. The smallest absolute Gasteiger partial charge is 0.340 e.